The van der Waals surface area contributed by atoms with Crippen molar-refractivity contribution in [1.82, 2.24) is 15.2 Å². The summed E-state index contributed by atoms with van der Waals surface area (Å²) in [6, 6.07) is 11.9. The van der Waals surface area contributed by atoms with Crippen LogP contribution in [0.1, 0.15) is 5.56 Å². The van der Waals surface area contributed by atoms with Gasteiger partial charge in [0.1, 0.15) is 17.8 Å². The summed E-state index contributed by atoms with van der Waals surface area (Å²) in [5.41, 5.74) is 1.28. The molecule has 3 aromatic rings. The second kappa shape index (κ2) is 7.10. The van der Waals surface area contributed by atoms with Crippen LogP contribution in [0.5, 0.6) is 11.6 Å². The molecule has 2 heterocycles. The standard InChI is InChI=1S/C16H12ClN5O3/c1-10-8-15(18-9-13(10)22(23)24)19-11-2-4-12(5-3-11)25-16-7-6-14(17)20-21-16/h2-9H,1H3,(H,18,19). The molecule has 0 aliphatic heterocycles. The molecular formula is C16H12ClN5O3. The molecule has 9 heteroatoms. The smallest absolute Gasteiger partial charge is 0.290 e. The maximum Gasteiger partial charge on any atom is 0.290 e. The van der Waals surface area contributed by atoms with Gasteiger partial charge in [0.15, 0.2) is 5.15 Å². The highest BCUT2D eigenvalue weighted by Gasteiger charge is 2.11. The second-order valence-corrected chi connectivity index (χ2v) is 5.45. The third-order valence-corrected chi connectivity index (χ3v) is 3.44. The lowest BCUT2D eigenvalue weighted by atomic mass is 10.2. The molecule has 1 N–H and O–H groups in total. The van der Waals surface area contributed by atoms with E-state index in [0.29, 0.717) is 23.0 Å². The van der Waals surface area contributed by atoms with Crippen LogP contribution in [0.25, 0.3) is 0 Å². The highest BCUT2D eigenvalue weighted by atomic mass is 35.5. The van der Waals surface area contributed by atoms with Crippen molar-refractivity contribution >= 4 is 28.8 Å². The number of ether oxygens (including phenoxy) is 1. The summed E-state index contributed by atoms with van der Waals surface area (Å²) in [6.07, 6.45) is 1.23. The van der Waals surface area contributed by atoms with E-state index in [9.17, 15) is 10.1 Å². The summed E-state index contributed by atoms with van der Waals surface area (Å²) in [6.45, 7) is 1.66. The zero-order chi connectivity index (χ0) is 17.8. The number of hydrogen-bond donors (Lipinski definition) is 1. The monoisotopic (exact) mass is 357 g/mol. The van der Waals surface area contributed by atoms with Gasteiger partial charge in [0, 0.05) is 17.3 Å². The molecule has 0 amide bonds. The Morgan fingerprint density at radius 3 is 2.52 bits per heavy atom. The Balaban J connectivity index is 1.69. The average Bonchev–Trinajstić information content (AvgIpc) is 2.58. The molecule has 126 valence electrons. The van der Waals surface area contributed by atoms with Crippen LogP contribution in [0.2, 0.25) is 5.15 Å². The summed E-state index contributed by atoms with van der Waals surface area (Å²) in [5, 5.41) is 21.7. The van der Waals surface area contributed by atoms with Gasteiger partial charge in [-0.25, -0.2) is 4.98 Å². The van der Waals surface area contributed by atoms with Crippen LogP contribution in [0, 0.1) is 17.0 Å². The Kier molecular flexibility index (Phi) is 4.71. The molecule has 8 nitrogen and oxygen atoms in total. The van der Waals surface area contributed by atoms with E-state index in [-0.39, 0.29) is 10.8 Å². The second-order valence-electron chi connectivity index (χ2n) is 5.06. The Hall–Kier alpha value is -3.26. The molecule has 0 radical (unpaired) electrons. The maximum atomic E-state index is 10.8. The highest BCUT2D eigenvalue weighted by molar-refractivity contribution is 6.29. The largest absolute Gasteiger partial charge is 0.438 e. The van der Waals surface area contributed by atoms with Gasteiger partial charge in [0.05, 0.1) is 4.92 Å². The van der Waals surface area contributed by atoms with E-state index >= 15 is 0 Å². The number of pyridine rings is 1. The third kappa shape index (κ3) is 4.18. The molecule has 2 aromatic heterocycles. The minimum Gasteiger partial charge on any atom is -0.438 e. The number of benzene rings is 1. The van der Waals surface area contributed by atoms with Gasteiger partial charge in [-0.3, -0.25) is 10.1 Å². The summed E-state index contributed by atoms with van der Waals surface area (Å²) in [5.74, 6) is 1.42. The first kappa shape index (κ1) is 16.6. The predicted octanol–water partition coefficient (Wildman–Crippen LogP) is 4.28. The van der Waals surface area contributed by atoms with Crippen LogP contribution in [0.4, 0.5) is 17.2 Å². The predicted molar refractivity (Wildman–Crippen MR) is 92.5 cm³/mol. The topological polar surface area (TPSA) is 103 Å². The van der Waals surface area contributed by atoms with Crippen LogP contribution >= 0.6 is 11.6 Å². The Morgan fingerprint density at radius 1 is 1.16 bits per heavy atom. The number of nitro groups is 1. The van der Waals surface area contributed by atoms with E-state index in [2.05, 4.69) is 20.5 Å². The number of halogens is 1. The lowest BCUT2D eigenvalue weighted by Crippen LogP contribution is -1.98. The minimum absolute atomic E-state index is 0.0154. The van der Waals surface area contributed by atoms with Gasteiger partial charge in [-0.1, -0.05) is 11.6 Å². The minimum atomic E-state index is -0.460. The molecular weight excluding hydrogens is 346 g/mol. The quantitative estimate of drug-likeness (QED) is 0.537. The van der Waals surface area contributed by atoms with Crippen LogP contribution in [0.15, 0.2) is 48.7 Å². The van der Waals surface area contributed by atoms with Gasteiger partial charge in [0.2, 0.25) is 5.88 Å². The zero-order valence-corrected chi connectivity index (χ0v) is 13.8. The fourth-order valence-corrected chi connectivity index (χ4v) is 2.14. The van der Waals surface area contributed by atoms with E-state index in [1.54, 1.807) is 49.4 Å². The lowest BCUT2D eigenvalue weighted by molar-refractivity contribution is -0.385. The van der Waals surface area contributed by atoms with Crippen molar-refractivity contribution in [3.8, 4) is 11.6 Å². The van der Waals surface area contributed by atoms with Crippen molar-refractivity contribution < 1.29 is 9.66 Å². The van der Waals surface area contributed by atoms with Crippen molar-refractivity contribution in [2.24, 2.45) is 0 Å². The zero-order valence-electron chi connectivity index (χ0n) is 13.0. The van der Waals surface area contributed by atoms with Crippen LogP contribution < -0.4 is 10.1 Å². The number of aromatic nitrogens is 3. The highest BCUT2D eigenvalue weighted by Crippen LogP contribution is 2.25. The average molecular weight is 358 g/mol. The normalized spacial score (nSPS) is 10.3. The molecule has 0 aliphatic rings. The maximum absolute atomic E-state index is 10.8. The molecule has 0 saturated heterocycles. The summed E-state index contributed by atoms with van der Waals surface area (Å²) < 4.78 is 5.55. The molecule has 3 rings (SSSR count). The molecule has 0 fully saturated rings. The molecule has 0 unspecified atom stereocenters. The Labute approximate surface area is 147 Å². The van der Waals surface area contributed by atoms with Crippen molar-refractivity contribution in [3.05, 3.63) is 69.5 Å². The number of nitrogens with zero attached hydrogens (tertiary/aromatic N) is 4. The Bertz CT molecular complexity index is 901. The van der Waals surface area contributed by atoms with Crippen molar-refractivity contribution in [3.63, 3.8) is 0 Å². The van der Waals surface area contributed by atoms with Crippen molar-refractivity contribution in [2.45, 2.75) is 6.92 Å². The first-order valence-corrected chi connectivity index (χ1v) is 7.54. The fourth-order valence-electron chi connectivity index (χ4n) is 2.04. The fraction of sp³-hybridized carbons (Fsp3) is 0.0625. The van der Waals surface area contributed by atoms with Crippen molar-refractivity contribution in [1.29, 1.82) is 0 Å². The van der Waals surface area contributed by atoms with E-state index in [1.165, 1.54) is 6.20 Å². The third-order valence-electron chi connectivity index (χ3n) is 3.24. The SMILES string of the molecule is Cc1cc(Nc2ccc(Oc3ccc(Cl)nn3)cc2)ncc1[N+](=O)[O-]. The van der Waals surface area contributed by atoms with Crippen LogP contribution in [-0.4, -0.2) is 20.1 Å². The van der Waals surface area contributed by atoms with Crippen LogP contribution in [0.3, 0.4) is 0 Å². The number of aryl methyl sites for hydroxylation is 1. The van der Waals surface area contributed by atoms with E-state index in [4.69, 9.17) is 16.3 Å². The van der Waals surface area contributed by atoms with E-state index in [0.717, 1.165) is 5.69 Å². The number of hydrogen-bond acceptors (Lipinski definition) is 7. The van der Waals surface area contributed by atoms with Gasteiger partial charge in [0.25, 0.3) is 5.69 Å². The lowest BCUT2D eigenvalue weighted by Gasteiger charge is -2.08. The summed E-state index contributed by atoms with van der Waals surface area (Å²) in [7, 11) is 0. The Morgan fingerprint density at radius 2 is 1.92 bits per heavy atom. The summed E-state index contributed by atoms with van der Waals surface area (Å²) >= 11 is 5.67. The van der Waals surface area contributed by atoms with Gasteiger partial charge in [-0.05, 0) is 43.3 Å². The number of rotatable bonds is 5. The molecule has 25 heavy (non-hydrogen) atoms. The molecule has 0 spiro atoms. The summed E-state index contributed by atoms with van der Waals surface area (Å²) in [4.78, 5) is 14.4. The molecule has 0 aliphatic carbocycles. The first-order chi connectivity index (χ1) is 12.0. The van der Waals surface area contributed by atoms with Gasteiger partial charge >= 0.3 is 0 Å². The first-order valence-electron chi connectivity index (χ1n) is 7.16. The molecule has 0 bridgehead atoms. The van der Waals surface area contributed by atoms with Gasteiger partial charge < -0.3 is 10.1 Å². The number of nitrogens with one attached hydrogen (secondary N) is 1. The van der Waals surface area contributed by atoms with Gasteiger partial charge in [-0.2, -0.15) is 0 Å². The van der Waals surface area contributed by atoms with Crippen LogP contribution in [-0.2, 0) is 0 Å². The molecule has 1 aromatic carbocycles. The van der Waals surface area contributed by atoms with E-state index < -0.39 is 4.92 Å². The van der Waals surface area contributed by atoms with Gasteiger partial charge in [-0.15, -0.1) is 10.2 Å². The molecule has 0 atom stereocenters. The number of anilines is 2. The molecule has 0 saturated carbocycles. The van der Waals surface area contributed by atoms with E-state index in [1.807, 2.05) is 0 Å². The van der Waals surface area contributed by atoms with Crippen molar-refractivity contribution in [2.75, 3.05) is 5.32 Å².